The van der Waals surface area contributed by atoms with Gasteiger partial charge in [0.15, 0.2) is 11.6 Å². The Labute approximate surface area is 116 Å². The van der Waals surface area contributed by atoms with Crippen LogP contribution in [0.5, 0.6) is 5.75 Å². The molecular weight excluding hydrogens is 259 g/mol. The number of nitrogens with zero attached hydrogens (tertiary/aromatic N) is 1. The second kappa shape index (κ2) is 6.34. The fourth-order valence-corrected chi connectivity index (χ4v) is 1.82. The lowest BCUT2D eigenvalue weighted by Crippen LogP contribution is -2.21. The third-order valence-electron chi connectivity index (χ3n) is 2.97. The van der Waals surface area contributed by atoms with E-state index >= 15 is 0 Å². The van der Waals surface area contributed by atoms with E-state index in [2.05, 4.69) is 0 Å². The lowest BCUT2D eigenvalue weighted by atomic mass is 10.1. The van der Waals surface area contributed by atoms with Crippen LogP contribution in [-0.4, -0.2) is 11.2 Å². The maximum atomic E-state index is 13.8. The van der Waals surface area contributed by atoms with Crippen LogP contribution in [0.25, 0.3) is 0 Å². The van der Waals surface area contributed by atoms with Gasteiger partial charge in [-0.2, -0.15) is 0 Å². The summed E-state index contributed by atoms with van der Waals surface area (Å²) in [7, 11) is 0. The molecule has 2 rings (SSSR count). The van der Waals surface area contributed by atoms with Gasteiger partial charge in [-0.1, -0.05) is 12.1 Å². The van der Waals surface area contributed by atoms with Crippen molar-refractivity contribution in [1.82, 2.24) is 4.57 Å². The van der Waals surface area contributed by atoms with Gasteiger partial charge in [0.05, 0.1) is 6.54 Å². The van der Waals surface area contributed by atoms with E-state index in [9.17, 15) is 9.18 Å². The molecule has 0 aliphatic rings. The van der Waals surface area contributed by atoms with E-state index in [-0.39, 0.29) is 24.0 Å². The summed E-state index contributed by atoms with van der Waals surface area (Å²) < 4.78 is 20.6. The number of benzene rings is 1. The van der Waals surface area contributed by atoms with Crippen LogP contribution in [0.3, 0.4) is 0 Å². The van der Waals surface area contributed by atoms with Crippen molar-refractivity contribution in [3.63, 3.8) is 0 Å². The average molecular weight is 276 g/mol. The Morgan fingerprint density at radius 3 is 2.80 bits per heavy atom. The van der Waals surface area contributed by atoms with Gasteiger partial charge in [0.1, 0.15) is 6.61 Å². The highest BCUT2D eigenvalue weighted by molar-refractivity contribution is 5.30. The number of rotatable bonds is 5. The summed E-state index contributed by atoms with van der Waals surface area (Å²) >= 11 is 0. The van der Waals surface area contributed by atoms with E-state index in [1.54, 1.807) is 37.4 Å². The molecule has 1 unspecified atom stereocenters. The van der Waals surface area contributed by atoms with Crippen LogP contribution >= 0.6 is 0 Å². The topological polar surface area (TPSA) is 57.2 Å². The van der Waals surface area contributed by atoms with Crippen LogP contribution in [0.4, 0.5) is 4.39 Å². The highest BCUT2D eigenvalue weighted by Gasteiger charge is 2.07. The molecular formula is C15H17FN2O2. The highest BCUT2D eigenvalue weighted by Crippen LogP contribution is 2.21. The summed E-state index contributed by atoms with van der Waals surface area (Å²) in [5, 5.41) is 0. The van der Waals surface area contributed by atoms with Crippen molar-refractivity contribution < 1.29 is 9.13 Å². The van der Waals surface area contributed by atoms with Crippen LogP contribution in [0, 0.1) is 5.82 Å². The maximum Gasteiger partial charge on any atom is 0.250 e. The van der Waals surface area contributed by atoms with E-state index in [0.717, 1.165) is 0 Å². The van der Waals surface area contributed by atoms with Crippen LogP contribution in [0.2, 0.25) is 0 Å². The van der Waals surface area contributed by atoms with Crippen LogP contribution in [-0.2, 0) is 6.54 Å². The lowest BCUT2D eigenvalue weighted by Gasteiger charge is -2.11. The van der Waals surface area contributed by atoms with Crippen molar-refractivity contribution in [1.29, 1.82) is 0 Å². The molecule has 1 aromatic carbocycles. The van der Waals surface area contributed by atoms with E-state index < -0.39 is 5.82 Å². The van der Waals surface area contributed by atoms with Gasteiger partial charge in [0.2, 0.25) is 0 Å². The Balaban J connectivity index is 1.98. The van der Waals surface area contributed by atoms with Gasteiger partial charge in [0.25, 0.3) is 5.56 Å². The van der Waals surface area contributed by atoms with Crippen molar-refractivity contribution in [3.8, 4) is 5.75 Å². The van der Waals surface area contributed by atoms with Crippen LogP contribution < -0.4 is 16.0 Å². The summed E-state index contributed by atoms with van der Waals surface area (Å²) in [6.45, 7) is 2.38. The molecule has 0 bridgehead atoms. The molecule has 0 spiro atoms. The minimum absolute atomic E-state index is 0.108. The monoisotopic (exact) mass is 276 g/mol. The Hall–Kier alpha value is -2.14. The SMILES string of the molecule is CC(N)c1ccc(OCCn2ccccc2=O)c(F)c1. The molecule has 0 fully saturated rings. The van der Waals surface area contributed by atoms with Crippen LogP contribution in [0.15, 0.2) is 47.4 Å². The molecule has 0 amide bonds. The van der Waals surface area contributed by atoms with Gasteiger partial charge >= 0.3 is 0 Å². The number of aromatic nitrogens is 1. The smallest absolute Gasteiger partial charge is 0.250 e. The molecule has 1 atom stereocenters. The zero-order chi connectivity index (χ0) is 14.5. The van der Waals surface area contributed by atoms with E-state index in [4.69, 9.17) is 10.5 Å². The summed E-state index contributed by atoms with van der Waals surface area (Å²) in [6, 6.07) is 9.35. The van der Waals surface area contributed by atoms with Crippen molar-refractivity contribution >= 4 is 0 Å². The number of hydrogen-bond donors (Lipinski definition) is 1. The first-order valence-corrected chi connectivity index (χ1v) is 6.41. The molecule has 1 heterocycles. The van der Waals surface area contributed by atoms with Gasteiger partial charge in [-0.05, 0) is 30.7 Å². The van der Waals surface area contributed by atoms with E-state index in [1.807, 2.05) is 0 Å². The highest BCUT2D eigenvalue weighted by atomic mass is 19.1. The normalized spacial score (nSPS) is 12.2. The van der Waals surface area contributed by atoms with Crippen LogP contribution in [0.1, 0.15) is 18.5 Å². The molecule has 0 aliphatic carbocycles. The fourth-order valence-electron chi connectivity index (χ4n) is 1.82. The Morgan fingerprint density at radius 1 is 1.35 bits per heavy atom. The quantitative estimate of drug-likeness (QED) is 0.909. The molecule has 0 saturated carbocycles. The number of ether oxygens (including phenoxy) is 1. The summed E-state index contributed by atoms with van der Waals surface area (Å²) in [4.78, 5) is 11.5. The molecule has 20 heavy (non-hydrogen) atoms. The van der Waals surface area contributed by atoms with E-state index in [1.165, 1.54) is 16.7 Å². The van der Waals surface area contributed by atoms with Gasteiger partial charge in [0, 0.05) is 18.3 Å². The number of halogens is 1. The van der Waals surface area contributed by atoms with Crippen molar-refractivity contribution in [3.05, 3.63) is 64.3 Å². The first-order chi connectivity index (χ1) is 9.58. The third-order valence-corrected chi connectivity index (χ3v) is 2.97. The second-order valence-corrected chi connectivity index (χ2v) is 4.56. The van der Waals surface area contributed by atoms with E-state index in [0.29, 0.717) is 12.1 Å². The first kappa shape index (κ1) is 14.3. The van der Waals surface area contributed by atoms with Crippen molar-refractivity contribution in [2.24, 2.45) is 5.73 Å². The van der Waals surface area contributed by atoms with Crippen molar-refractivity contribution in [2.75, 3.05) is 6.61 Å². The minimum atomic E-state index is -0.444. The second-order valence-electron chi connectivity index (χ2n) is 4.56. The maximum absolute atomic E-state index is 13.8. The Morgan fingerprint density at radius 2 is 2.15 bits per heavy atom. The molecule has 0 aliphatic heterocycles. The molecule has 106 valence electrons. The first-order valence-electron chi connectivity index (χ1n) is 6.41. The van der Waals surface area contributed by atoms with Gasteiger partial charge in [-0.15, -0.1) is 0 Å². The molecule has 0 saturated heterocycles. The predicted molar refractivity (Wildman–Crippen MR) is 75.2 cm³/mol. The van der Waals surface area contributed by atoms with Gasteiger partial charge in [-0.3, -0.25) is 4.79 Å². The zero-order valence-corrected chi connectivity index (χ0v) is 11.3. The standard InChI is InChI=1S/C15H17FN2O2/c1-11(17)12-5-6-14(13(16)10-12)20-9-8-18-7-3-2-4-15(18)19/h2-7,10-11H,8-9,17H2,1H3. The molecule has 2 aromatic rings. The largest absolute Gasteiger partial charge is 0.489 e. The number of nitrogens with two attached hydrogens (primary N) is 1. The van der Waals surface area contributed by atoms with Gasteiger partial charge in [-0.25, -0.2) is 4.39 Å². The minimum Gasteiger partial charge on any atom is -0.489 e. The molecule has 5 heteroatoms. The average Bonchev–Trinajstić information content (AvgIpc) is 2.42. The summed E-state index contributed by atoms with van der Waals surface area (Å²) in [5.74, 6) is -0.279. The van der Waals surface area contributed by atoms with Gasteiger partial charge < -0.3 is 15.0 Å². The molecule has 4 nitrogen and oxygen atoms in total. The third kappa shape index (κ3) is 3.45. The molecule has 1 aromatic heterocycles. The van der Waals surface area contributed by atoms with Crippen molar-refractivity contribution in [2.45, 2.75) is 19.5 Å². The molecule has 2 N–H and O–H groups in total. The number of hydrogen-bond acceptors (Lipinski definition) is 3. The summed E-state index contributed by atoms with van der Waals surface area (Å²) in [6.07, 6.45) is 1.67. The number of pyridine rings is 1. The zero-order valence-electron chi connectivity index (χ0n) is 11.3. The Kier molecular flexibility index (Phi) is 4.53. The summed E-state index contributed by atoms with van der Waals surface area (Å²) in [5.41, 5.74) is 6.29. The Bertz CT molecular complexity index is 638. The lowest BCUT2D eigenvalue weighted by molar-refractivity contribution is 0.282. The molecule has 0 radical (unpaired) electrons. The predicted octanol–water partition coefficient (Wildman–Crippen LogP) is 2.09. The fraction of sp³-hybridized carbons (Fsp3) is 0.267.